The zero-order valence-electron chi connectivity index (χ0n) is 10.4. The SMILES string of the molecule is O=c1ccnc(SCc2cc(Cl)cc3c2OCOC3)[nH]1. The third-order valence-electron chi connectivity index (χ3n) is 2.76. The van der Waals surface area contributed by atoms with E-state index in [-0.39, 0.29) is 12.4 Å². The van der Waals surface area contributed by atoms with E-state index < -0.39 is 0 Å². The number of hydrogen-bond donors (Lipinski definition) is 1. The molecule has 0 radical (unpaired) electrons. The summed E-state index contributed by atoms with van der Waals surface area (Å²) in [7, 11) is 0. The first-order chi connectivity index (χ1) is 9.72. The average Bonchev–Trinajstić information content (AvgIpc) is 2.44. The Morgan fingerprint density at radius 2 is 2.35 bits per heavy atom. The maximum Gasteiger partial charge on any atom is 0.251 e. The second-order valence-corrected chi connectivity index (χ2v) is 5.59. The van der Waals surface area contributed by atoms with Crippen molar-refractivity contribution >= 4 is 23.4 Å². The van der Waals surface area contributed by atoms with Crippen molar-refractivity contribution in [2.45, 2.75) is 17.5 Å². The van der Waals surface area contributed by atoms with Crippen molar-refractivity contribution < 1.29 is 9.47 Å². The van der Waals surface area contributed by atoms with Gasteiger partial charge in [0.25, 0.3) is 5.56 Å². The molecule has 0 saturated carbocycles. The minimum absolute atomic E-state index is 0.166. The van der Waals surface area contributed by atoms with Crippen molar-refractivity contribution in [1.29, 1.82) is 0 Å². The van der Waals surface area contributed by atoms with Crippen molar-refractivity contribution in [2.75, 3.05) is 6.79 Å². The molecule has 0 amide bonds. The smallest absolute Gasteiger partial charge is 0.251 e. The van der Waals surface area contributed by atoms with Crippen LogP contribution in [0.15, 0.2) is 34.3 Å². The van der Waals surface area contributed by atoms with Crippen LogP contribution < -0.4 is 10.3 Å². The molecule has 1 N–H and O–H groups in total. The number of ether oxygens (including phenoxy) is 2. The van der Waals surface area contributed by atoms with E-state index in [1.54, 1.807) is 0 Å². The van der Waals surface area contributed by atoms with E-state index in [0.29, 0.717) is 22.5 Å². The first-order valence-electron chi connectivity index (χ1n) is 5.92. The highest BCUT2D eigenvalue weighted by molar-refractivity contribution is 7.98. The molecule has 1 aliphatic rings. The number of nitrogens with one attached hydrogen (secondary N) is 1. The third kappa shape index (κ3) is 2.98. The summed E-state index contributed by atoms with van der Waals surface area (Å²) in [5, 5.41) is 1.21. The summed E-state index contributed by atoms with van der Waals surface area (Å²) in [6, 6.07) is 5.08. The molecule has 0 aliphatic carbocycles. The lowest BCUT2D eigenvalue weighted by Gasteiger charge is -2.20. The molecule has 5 nitrogen and oxygen atoms in total. The molecule has 1 aliphatic heterocycles. The number of fused-ring (bicyclic) bond motifs is 1. The first-order valence-corrected chi connectivity index (χ1v) is 7.29. The molecule has 3 rings (SSSR count). The van der Waals surface area contributed by atoms with Gasteiger partial charge < -0.3 is 14.5 Å². The van der Waals surface area contributed by atoms with Gasteiger partial charge in [0.1, 0.15) is 5.75 Å². The third-order valence-corrected chi connectivity index (χ3v) is 3.92. The van der Waals surface area contributed by atoms with Crippen LogP contribution in [0, 0.1) is 0 Å². The maximum atomic E-state index is 11.2. The lowest BCUT2D eigenvalue weighted by molar-refractivity contribution is -0.0168. The Hall–Kier alpha value is -1.50. The van der Waals surface area contributed by atoms with Crippen LogP contribution in [0.2, 0.25) is 5.02 Å². The zero-order chi connectivity index (χ0) is 13.9. The Morgan fingerprint density at radius 1 is 1.45 bits per heavy atom. The Morgan fingerprint density at radius 3 is 3.20 bits per heavy atom. The van der Waals surface area contributed by atoms with E-state index in [2.05, 4.69) is 9.97 Å². The minimum Gasteiger partial charge on any atom is -0.467 e. The number of thioether (sulfide) groups is 1. The van der Waals surface area contributed by atoms with Crippen LogP contribution in [0.25, 0.3) is 0 Å². The molecule has 1 aromatic heterocycles. The van der Waals surface area contributed by atoms with Crippen molar-refractivity contribution in [3.8, 4) is 5.75 Å². The summed E-state index contributed by atoms with van der Waals surface area (Å²) >= 11 is 7.52. The molecule has 2 heterocycles. The minimum atomic E-state index is -0.166. The predicted molar refractivity (Wildman–Crippen MR) is 76.2 cm³/mol. The Labute approximate surface area is 124 Å². The van der Waals surface area contributed by atoms with E-state index in [1.165, 1.54) is 24.0 Å². The monoisotopic (exact) mass is 310 g/mol. The molecule has 0 unspecified atom stereocenters. The van der Waals surface area contributed by atoms with E-state index in [9.17, 15) is 4.79 Å². The van der Waals surface area contributed by atoms with Gasteiger partial charge in [-0.25, -0.2) is 4.98 Å². The molecule has 0 fully saturated rings. The molecule has 0 spiro atoms. The second-order valence-electron chi connectivity index (χ2n) is 4.19. The van der Waals surface area contributed by atoms with Crippen LogP contribution in [-0.4, -0.2) is 16.8 Å². The van der Waals surface area contributed by atoms with Gasteiger partial charge in [-0.3, -0.25) is 4.79 Å². The fourth-order valence-corrected chi connectivity index (χ4v) is 3.01. The van der Waals surface area contributed by atoms with Crippen LogP contribution in [0.4, 0.5) is 0 Å². The lowest BCUT2D eigenvalue weighted by atomic mass is 10.1. The molecular formula is C13H11ClN2O3S. The van der Waals surface area contributed by atoms with E-state index in [4.69, 9.17) is 21.1 Å². The van der Waals surface area contributed by atoms with Gasteiger partial charge in [-0.05, 0) is 12.1 Å². The summed E-state index contributed by atoms with van der Waals surface area (Å²) in [5.74, 6) is 1.42. The molecule has 20 heavy (non-hydrogen) atoms. The van der Waals surface area contributed by atoms with E-state index >= 15 is 0 Å². The Balaban J connectivity index is 1.84. The van der Waals surface area contributed by atoms with Crippen molar-refractivity contribution in [2.24, 2.45) is 0 Å². The van der Waals surface area contributed by atoms with Gasteiger partial charge in [0.15, 0.2) is 11.9 Å². The number of nitrogens with zero attached hydrogens (tertiary/aromatic N) is 1. The van der Waals surface area contributed by atoms with E-state index in [0.717, 1.165) is 16.9 Å². The van der Waals surface area contributed by atoms with Gasteiger partial charge >= 0.3 is 0 Å². The molecule has 0 atom stereocenters. The predicted octanol–water partition coefficient (Wildman–Crippen LogP) is 2.58. The fourth-order valence-electron chi connectivity index (χ4n) is 1.94. The average molecular weight is 311 g/mol. The number of benzene rings is 1. The van der Waals surface area contributed by atoms with Crippen molar-refractivity contribution in [3.05, 3.63) is 50.9 Å². The quantitative estimate of drug-likeness (QED) is 0.697. The lowest BCUT2D eigenvalue weighted by Crippen LogP contribution is -2.13. The molecule has 2 aromatic rings. The Bertz CT molecular complexity index is 690. The molecule has 0 bridgehead atoms. The summed E-state index contributed by atoms with van der Waals surface area (Å²) in [6.45, 7) is 0.737. The largest absolute Gasteiger partial charge is 0.467 e. The number of aromatic amines is 1. The van der Waals surface area contributed by atoms with Crippen LogP contribution in [0.5, 0.6) is 5.75 Å². The van der Waals surface area contributed by atoms with Gasteiger partial charge in [0.05, 0.1) is 6.61 Å². The normalized spacial score (nSPS) is 13.7. The summed E-state index contributed by atoms with van der Waals surface area (Å²) in [4.78, 5) is 18.0. The highest BCUT2D eigenvalue weighted by Gasteiger charge is 2.16. The van der Waals surface area contributed by atoms with Gasteiger partial charge in [-0.2, -0.15) is 0 Å². The number of halogens is 1. The zero-order valence-corrected chi connectivity index (χ0v) is 12.0. The molecule has 0 saturated heterocycles. The summed E-state index contributed by atoms with van der Waals surface area (Å²) in [5.41, 5.74) is 1.74. The van der Waals surface area contributed by atoms with Crippen LogP contribution in [0.1, 0.15) is 11.1 Å². The standard InChI is InChI=1S/C13H11ClN2O3S/c14-10-3-8-5-18-7-19-12(8)9(4-10)6-20-13-15-2-1-11(17)16-13/h1-4H,5-7H2,(H,15,16,17). The number of hydrogen-bond acceptors (Lipinski definition) is 5. The fraction of sp³-hybridized carbons (Fsp3) is 0.231. The number of rotatable bonds is 3. The Kier molecular flexibility index (Phi) is 3.95. The van der Waals surface area contributed by atoms with Crippen LogP contribution in [-0.2, 0) is 17.1 Å². The van der Waals surface area contributed by atoms with Crippen LogP contribution in [0.3, 0.4) is 0 Å². The number of H-pyrrole nitrogens is 1. The van der Waals surface area contributed by atoms with Gasteiger partial charge in [0, 0.05) is 34.2 Å². The van der Waals surface area contributed by atoms with Crippen molar-refractivity contribution in [3.63, 3.8) is 0 Å². The first kappa shape index (κ1) is 13.5. The van der Waals surface area contributed by atoms with Gasteiger partial charge in [-0.15, -0.1) is 0 Å². The highest BCUT2D eigenvalue weighted by atomic mass is 35.5. The second kappa shape index (κ2) is 5.87. The van der Waals surface area contributed by atoms with Crippen LogP contribution >= 0.6 is 23.4 Å². The van der Waals surface area contributed by atoms with Crippen molar-refractivity contribution in [1.82, 2.24) is 9.97 Å². The molecule has 104 valence electrons. The van der Waals surface area contributed by atoms with Gasteiger partial charge in [-0.1, -0.05) is 23.4 Å². The van der Waals surface area contributed by atoms with E-state index in [1.807, 2.05) is 12.1 Å². The topological polar surface area (TPSA) is 64.2 Å². The van der Waals surface area contributed by atoms with Gasteiger partial charge in [0.2, 0.25) is 0 Å². The number of aromatic nitrogens is 2. The molecule has 7 heteroatoms. The summed E-state index contributed by atoms with van der Waals surface area (Å²) in [6.07, 6.45) is 1.49. The maximum absolute atomic E-state index is 11.2. The summed E-state index contributed by atoms with van der Waals surface area (Å²) < 4.78 is 10.8. The molecule has 1 aromatic carbocycles. The highest BCUT2D eigenvalue weighted by Crippen LogP contribution is 2.34. The molecular weight excluding hydrogens is 300 g/mol.